The molecule has 5 heteroatoms. The molecule has 1 heterocycles. The molecule has 2 unspecified atom stereocenters. The maximum atomic E-state index is 11.8. The number of hydrogen-bond acceptors (Lipinski definition) is 4. The van der Waals surface area contributed by atoms with Gasteiger partial charge in [-0.1, -0.05) is 20.8 Å². The van der Waals surface area contributed by atoms with Gasteiger partial charge in [-0.05, 0) is 12.3 Å². The predicted octanol–water partition coefficient (Wildman–Crippen LogP) is 0.0159. The standard InChI is InChI=1S/C12H24N2O3/c1-8-12(16,5-6-17-8)7-14-10(15)9(13)11(2,3)4/h8-9,16H,5-7,13H2,1-4H3,(H,14,15)/t8?,9-,12?/m1/s1. The van der Waals surface area contributed by atoms with Crippen LogP contribution in [0, 0.1) is 5.41 Å². The van der Waals surface area contributed by atoms with Crippen molar-refractivity contribution in [2.24, 2.45) is 11.1 Å². The van der Waals surface area contributed by atoms with E-state index in [1.54, 1.807) is 0 Å². The number of hydrogen-bond donors (Lipinski definition) is 3. The van der Waals surface area contributed by atoms with E-state index in [9.17, 15) is 9.90 Å². The van der Waals surface area contributed by atoms with Crippen LogP contribution in [0.25, 0.3) is 0 Å². The van der Waals surface area contributed by atoms with Crippen LogP contribution in [0.4, 0.5) is 0 Å². The molecule has 0 radical (unpaired) electrons. The minimum Gasteiger partial charge on any atom is -0.385 e. The van der Waals surface area contributed by atoms with E-state index < -0.39 is 11.6 Å². The third kappa shape index (κ3) is 3.40. The molecule has 0 spiro atoms. The molecule has 17 heavy (non-hydrogen) atoms. The molecule has 1 rings (SSSR count). The lowest BCUT2D eigenvalue weighted by molar-refractivity contribution is -0.126. The molecule has 0 bridgehead atoms. The average molecular weight is 244 g/mol. The smallest absolute Gasteiger partial charge is 0.237 e. The summed E-state index contributed by atoms with van der Waals surface area (Å²) in [5.74, 6) is -0.231. The number of amides is 1. The van der Waals surface area contributed by atoms with Gasteiger partial charge >= 0.3 is 0 Å². The second-order valence-electron chi connectivity index (χ2n) is 5.93. The van der Waals surface area contributed by atoms with Crippen LogP contribution in [-0.2, 0) is 9.53 Å². The van der Waals surface area contributed by atoms with Crippen molar-refractivity contribution in [3.05, 3.63) is 0 Å². The van der Waals surface area contributed by atoms with Crippen LogP contribution < -0.4 is 11.1 Å². The number of aliphatic hydroxyl groups is 1. The van der Waals surface area contributed by atoms with E-state index in [-0.39, 0.29) is 24.0 Å². The Morgan fingerprint density at radius 1 is 1.65 bits per heavy atom. The zero-order valence-corrected chi connectivity index (χ0v) is 11.1. The van der Waals surface area contributed by atoms with Crippen LogP contribution in [0.5, 0.6) is 0 Å². The quantitative estimate of drug-likeness (QED) is 0.653. The fourth-order valence-electron chi connectivity index (χ4n) is 1.75. The SMILES string of the molecule is CC1OCCC1(O)CNC(=O)[C@@H](N)C(C)(C)C. The summed E-state index contributed by atoms with van der Waals surface area (Å²) in [5, 5.41) is 12.9. The lowest BCUT2D eigenvalue weighted by atomic mass is 9.86. The van der Waals surface area contributed by atoms with Gasteiger partial charge < -0.3 is 20.9 Å². The summed E-state index contributed by atoms with van der Waals surface area (Å²) >= 11 is 0. The largest absolute Gasteiger partial charge is 0.385 e. The molecule has 1 aliphatic rings. The van der Waals surface area contributed by atoms with E-state index in [0.29, 0.717) is 13.0 Å². The van der Waals surface area contributed by atoms with E-state index in [4.69, 9.17) is 10.5 Å². The summed E-state index contributed by atoms with van der Waals surface area (Å²) in [4.78, 5) is 11.8. The summed E-state index contributed by atoms with van der Waals surface area (Å²) in [5.41, 5.74) is 4.58. The molecular weight excluding hydrogens is 220 g/mol. The third-order valence-electron chi connectivity index (χ3n) is 3.44. The van der Waals surface area contributed by atoms with E-state index in [2.05, 4.69) is 5.32 Å². The first-order valence-electron chi connectivity index (χ1n) is 6.04. The molecular formula is C12H24N2O3. The average Bonchev–Trinajstić information content (AvgIpc) is 2.54. The molecule has 1 aliphatic heterocycles. The normalized spacial score (nSPS) is 31.3. The van der Waals surface area contributed by atoms with E-state index >= 15 is 0 Å². The molecule has 5 nitrogen and oxygen atoms in total. The summed E-state index contributed by atoms with van der Waals surface area (Å²) in [6.45, 7) is 8.26. The van der Waals surface area contributed by atoms with Gasteiger partial charge in [-0.25, -0.2) is 0 Å². The highest BCUT2D eigenvalue weighted by Gasteiger charge is 2.40. The highest BCUT2D eigenvalue weighted by Crippen LogP contribution is 2.25. The van der Waals surface area contributed by atoms with Crippen molar-refractivity contribution in [2.45, 2.75) is 51.9 Å². The summed E-state index contributed by atoms with van der Waals surface area (Å²) < 4.78 is 5.30. The van der Waals surface area contributed by atoms with Crippen LogP contribution in [0.1, 0.15) is 34.1 Å². The predicted molar refractivity (Wildman–Crippen MR) is 65.4 cm³/mol. The van der Waals surface area contributed by atoms with Gasteiger partial charge in [0.1, 0.15) is 5.60 Å². The van der Waals surface area contributed by atoms with Crippen LogP contribution >= 0.6 is 0 Å². The first-order valence-corrected chi connectivity index (χ1v) is 6.04. The zero-order valence-electron chi connectivity index (χ0n) is 11.1. The van der Waals surface area contributed by atoms with Crippen LogP contribution in [0.3, 0.4) is 0 Å². The van der Waals surface area contributed by atoms with Crippen molar-refractivity contribution < 1.29 is 14.6 Å². The number of rotatable bonds is 3. The van der Waals surface area contributed by atoms with Crippen molar-refractivity contribution >= 4 is 5.91 Å². The minimum absolute atomic E-state index is 0.191. The Morgan fingerprint density at radius 3 is 2.65 bits per heavy atom. The number of carbonyl (C=O) groups is 1. The Balaban J connectivity index is 2.48. The molecule has 100 valence electrons. The minimum atomic E-state index is -0.965. The summed E-state index contributed by atoms with van der Waals surface area (Å²) in [6, 6.07) is -0.580. The molecule has 1 fully saturated rings. The number of carbonyl (C=O) groups excluding carboxylic acids is 1. The third-order valence-corrected chi connectivity index (χ3v) is 3.44. The molecule has 0 aromatic carbocycles. The van der Waals surface area contributed by atoms with Crippen molar-refractivity contribution in [1.29, 1.82) is 0 Å². The van der Waals surface area contributed by atoms with Crippen LogP contribution in [0.2, 0.25) is 0 Å². The lowest BCUT2D eigenvalue weighted by Gasteiger charge is -2.30. The van der Waals surface area contributed by atoms with Gasteiger partial charge in [-0.3, -0.25) is 4.79 Å². The van der Waals surface area contributed by atoms with Crippen LogP contribution in [-0.4, -0.2) is 41.9 Å². The van der Waals surface area contributed by atoms with Gasteiger partial charge in [-0.15, -0.1) is 0 Å². The summed E-state index contributed by atoms with van der Waals surface area (Å²) in [6.07, 6.45) is 0.285. The Labute approximate surface area is 103 Å². The Kier molecular flexibility index (Phi) is 4.17. The molecule has 1 amide bonds. The molecule has 3 atom stereocenters. The molecule has 4 N–H and O–H groups in total. The number of nitrogens with one attached hydrogen (secondary N) is 1. The van der Waals surface area contributed by atoms with Gasteiger partial charge in [0.15, 0.2) is 0 Å². The maximum absolute atomic E-state index is 11.8. The lowest BCUT2D eigenvalue weighted by Crippen LogP contribution is -2.54. The topological polar surface area (TPSA) is 84.6 Å². The van der Waals surface area contributed by atoms with Gasteiger partial charge in [0.05, 0.1) is 12.1 Å². The van der Waals surface area contributed by atoms with Crippen molar-refractivity contribution in [2.75, 3.05) is 13.2 Å². The fraction of sp³-hybridized carbons (Fsp3) is 0.917. The van der Waals surface area contributed by atoms with Gasteiger partial charge in [-0.2, -0.15) is 0 Å². The Hall–Kier alpha value is -0.650. The first kappa shape index (κ1) is 14.4. The van der Waals surface area contributed by atoms with Gasteiger partial charge in [0.2, 0.25) is 5.91 Å². The molecule has 1 saturated heterocycles. The molecule has 0 aliphatic carbocycles. The second kappa shape index (κ2) is 4.92. The van der Waals surface area contributed by atoms with Crippen LogP contribution in [0.15, 0.2) is 0 Å². The fourth-order valence-corrected chi connectivity index (χ4v) is 1.75. The summed E-state index contributed by atoms with van der Waals surface area (Å²) in [7, 11) is 0. The van der Waals surface area contributed by atoms with E-state index in [1.807, 2.05) is 27.7 Å². The van der Waals surface area contributed by atoms with E-state index in [0.717, 1.165) is 0 Å². The first-order chi connectivity index (χ1) is 7.67. The van der Waals surface area contributed by atoms with Gasteiger partial charge in [0.25, 0.3) is 0 Å². The van der Waals surface area contributed by atoms with Crippen molar-refractivity contribution in [3.8, 4) is 0 Å². The highest BCUT2D eigenvalue weighted by atomic mass is 16.5. The Morgan fingerprint density at radius 2 is 2.24 bits per heavy atom. The maximum Gasteiger partial charge on any atom is 0.237 e. The molecule has 0 aromatic rings. The zero-order chi connectivity index (χ0) is 13.3. The Bertz CT molecular complexity index is 288. The van der Waals surface area contributed by atoms with Crippen molar-refractivity contribution in [1.82, 2.24) is 5.32 Å². The molecule has 0 aromatic heterocycles. The molecule has 0 saturated carbocycles. The van der Waals surface area contributed by atoms with E-state index in [1.165, 1.54) is 0 Å². The number of nitrogens with two attached hydrogens (primary N) is 1. The second-order valence-corrected chi connectivity index (χ2v) is 5.93. The van der Waals surface area contributed by atoms with Gasteiger partial charge in [0, 0.05) is 19.6 Å². The van der Waals surface area contributed by atoms with Crippen molar-refractivity contribution in [3.63, 3.8) is 0 Å². The number of ether oxygens (including phenoxy) is 1. The highest BCUT2D eigenvalue weighted by molar-refractivity contribution is 5.82. The monoisotopic (exact) mass is 244 g/mol.